The van der Waals surface area contributed by atoms with Crippen molar-refractivity contribution in [2.45, 2.75) is 46.1 Å². The molecule has 39 heavy (non-hydrogen) atoms. The molecule has 2 atom stereocenters. The molecule has 2 aliphatic rings. The molecule has 1 aliphatic heterocycles. The van der Waals surface area contributed by atoms with Gasteiger partial charge in [0.1, 0.15) is 5.75 Å². The molecule has 3 N–H and O–H groups in total. The van der Waals surface area contributed by atoms with E-state index in [0.717, 1.165) is 65.6 Å². The summed E-state index contributed by atoms with van der Waals surface area (Å²) in [5.41, 5.74) is 3.34. The lowest BCUT2D eigenvalue weighted by molar-refractivity contribution is -0.117. The van der Waals surface area contributed by atoms with E-state index in [2.05, 4.69) is 39.8 Å². The summed E-state index contributed by atoms with van der Waals surface area (Å²) in [6.45, 7) is 8.22. The van der Waals surface area contributed by atoms with Gasteiger partial charge in [0.2, 0.25) is 17.7 Å². The van der Waals surface area contributed by atoms with Crippen LogP contribution in [-0.4, -0.2) is 40.0 Å². The third kappa shape index (κ3) is 5.29. The maximum absolute atomic E-state index is 12.9. The van der Waals surface area contributed by atoms with E-state index in [4.69, 9.17) is 9.72 Å². The molecular weight excluding hydrogens is 488 g/mol. The van der Waals surface area contributed by atoms with E-state index >= 15 is 0 Å². The summed E-state index contributed by atoms with van der Waals surface area (Å²) in [6, 6.07) is 16.0. The van der Waals surface area contributed by atoms with Crippen molar-refractivity contribution in [1.29, 1.82) is 0 Å². The first-order chi connectivity index (χ1) is 18.9. The minimum absolute atomic E-state index is 0.0478. The number of ether oxygens (including phenoxy) is 1. The van der Waals surface area contributed by atoms with Crippen molar-refractivity contribution in [2.75, 3.05) is 23.7 Å². The predicted molar refractivity (Wildman–Crippen MR) is 154 cm³/mol. The van der Waals surface area contributed by atoms with Crippen LogP contribution in [0.3, 0.4) is 0 Å². The number of benzene rings is 2. The summed E-state index contributed by atoms with van der Waals surface area (Å²) in [4.78, 5) is 26.7. The molecule has 4 aromatic rings. The monoisotopic (exact) mass is 522 g/mol. The van der Waals surface area contributed by atoms with E-state index in [1.54, 1.807) is 12.4 Å². The molecule has 2 aromatic carbocycles. The van der Waals surface area contributed by atoms with Crippen LogP contribution in [0.4, 0.5) is 11.6 Å². The number of fused-ring (bicyclic) bond motifs is 1. The molecule has 1 unspecified atom stereocenters. The van der Waals surface area contributed by atoms with Crippen LogP contribution < -0.4 is 20.7 Å². The molecule has 1 aliphatic carbocycles. The van der Waals surface area contributed by atoms with Crippen molar-refractivity contribution in [1.82, 2.24) is 20.3 Å². The van der Waals surface area contributed by atoms with Crippen LogP contribution in [0.2, 0.25) is 0 Å². The lowest BCUT2D eigenvalue weighted by Gasteiger charge is -2.23. The zero-order chi connectivity index (χ0) is 27.0. The number of carbonyl (C=O) groups excluding carboxylic acids is 1. The first kappa shape index (κ1) is 25.2. The Balaban J connectivity index is 1.30. The third-order valence-electron chi connectivity index (χ3n) is 7.83. The van der Waals surface area contributed by atoms with E-state index in [9.17, 15) is 4.79 Å². The highest BCUT2D eigenvalue weighted by Crippen LogP contribution is 2.52. The van der Waals surface area contributed by atoms with Crippen LogP contribution in [0.5, 0.6) is 11.6 Å². The molecule has 0 bridgehead atoms. The van der Waals surface area contributed by atoms with E-state index in [1.165, 1.54) is 0 Å². The fraction of sp³-hybridized carbons (Fsp3) is 0.355. The van der Waals surface area contributed by atoms with Gasteiger partial charge in [-0.1, -0.05) is 38.1 Å². The van der Waals surface area contributed by atoms with E-state index < -0.39 is 0 Å². The molecular formula is C31H34N6O2. The van der Waals surface area contributed by atoms with Gasteiger partial charge in [-0.05, 0) is 68.0 Å². The summed E-state index contributed by atoms with van der Waals surface area (Å²) >= 11 is 0. The quantitative estimate of drug-likeness (QED) is 0.276. The van der Waals surface area contributed by atoms with Gasteiger partial charge in [-0.2, -0.15) is 0 Å². The number of aryl methyl sites for hydroxylation is 1. The maximum Gasteiger partial charge on any atom is 0.228 e. The van der Waals surface area contributed by atoms with Crippen molar-refractivity contribution >= 4 is 28.3 Å². The lowest BCUT2D eigenvalue weighted by Crippen LogP contribution is -2.38. The molecule has 0 radical (unpaired) electrons. The summed E-state index contributed by atoms with van der Waals surface area (Å²) in [6.07, 6.45) is 6.61. The molecule has 1 amide bonds. The van der Waals surface area contributed by atoms with Crippen molar-refractivity contribution in [3.05, 3.63) is 66.5 Å². The standard InChI is InChI=1S/C31H34N6O2/c1-19-11-12-21-22(8-4-10-25(21)36-28(38)24-17-31(24,2)3)27(19)39-29-23(9-6-15-33-29)26-13-16-34-30(37-26)35-20-7-5-14-32-18-20/h4,6,8-13,15-16,20,24,32H,5,7,14,17-18H2,1-3H3,(H,36,38)(H,34,35,37)/t20-,24?/m0/s1. The highest BCUT2D eigenvalue weighted by Gasteiger charge is 2.50. The minimum Gasteiger partial charge on any atom is -0.437 e. The third-order valence-corrected chi connectivity index (χ3v) is 7.83. The molecule has 0 spiro atoms. The molecule has 8 heteroatoms. The van der Waals surface area contributed by atoms with Gasteiger partial charge >= 0.3 is 0 Å². The highest BCUT2D eigenvalue weighted by molar-refractivity contribution is 6.05. The number of nitrogens with zero attached hydrogens (tertiary/aromatic N) is 3. The zero-order valence-electron chi connectivity index (χ0n) is 22.6. The number of amides is 1. The fourth-order valence-electron chi connectivity index (χ4n) is 5.32. The Bertz CT molecular complexity index is 1530. The molecule has 2 aromatic heterocycles. The van der Waals surface area contributed by atoms with Crippen molar-refractivity contribution < 1.29 is 9.53 Å². The Labute approximate surface area is 228 Å². The Kier molecular flexibility index (Phi) is 6.64. The molecule has 8 nitrogen and oxygen atoms in total. The maximum atomic E-state index is 12.9. The smallest absolute Gasteiger partial charge is 0.228 e. The van der Waals surface area contributed by atoms with E-state index in [1.807, 2.05) is 55.5 Å². The van der Waals surface area contributed by atoms with Gasteiger partial charge < -0.3 is 20.7 Å². The van der Waals surface area contributed by atoms with Gasteiger partial charge in [0.15, 0.2) is 0 Å². The van der Waals surface area contributed by atoms with Crippen molar-refractivity contribution in [3.8, 4) is 22.9 Å². The minimum atomic E-state index is 0.0478. The van der Waals surface area contributed by atoms with E-state index in [0.29, 0.717) is 23.6 Å². The second kappa shape index (κ2) is 10.3. The number of hydrogen-bond donors (Lipinski definition) is 3. The van der Waals surface area contributed by atoms with Crippen LogP contribution in [-0.2, 0) is 4.79 Å². The second-order valence-corrected chi connectivity index (χ2v) is 11.3. The van der Waals surface area contributed by atoms with Crippen molar-refractivity contribution in [2.24, 2.45) is 11.3 Å². The zero-order valence-corrected chi connectivity index (χ0v) is 22.6. The Hall–Kier alpha value is -4.04. The predicted octanol–water partition coefficient (Wildman–Crippen LogP) is 5.94. The molecule has 200 valence electrons. The Morgan fingerprint density at radius 2 is 1.92 bits per heavy atom. The van der Waals surface area contributed by atoms with Crippen LogP contribution in [0, 0.1) is 18.3 Å². The van der Waals surface area contributed by atoms with Crippen LogP contribution in [0.25, 0.3) is 22.0 Å². The Morgan fingerprint density at radius 3 is 2.72 bits per heavy atom. The average Bonchev–Trinajstić information content (AvgIpc) is 3.59. The van der Waals surface area contributed by atoms with Crippen LogP contribution in [0.1, 0.15) is 38.7 Å². The van der Waals surface area contributed by atoms with Crippen LogP contribution >= 0.6 is 0 Å². The highest BCUT2D eigenvalue weighted by atomic mass is 16.5. The van der Waals surface area contributed by atoms with Gasteiger partial charge in [-0.3, -0.25) is 4.79 Å². The molecule has 1 saturated carbocycles. The normalized spacial score (nSPS) is 19.9. The van der Waals surface area contributed by atoms with Gasteiger partial charge in [0.05, 0.1) is 11.3 Å². The first-order valence-electron chi connectivity index (χ1n) is 13.7. The molecule has 1 saturated heterocycles. The number of pyridine rings is 1. The number of carbonyl (C=O) groups is 1. The molecule has 2 fully saturated rings. The number of anilines is 2. The number of aromatic nitrogens is 3. The second-order valence-electron chi connectivity index (χ2n) is 11.3. The number of rotatable bonds is 7. The molecule has 3 heterocycles. The summed E-state index contributed by atoms with van der Waals surface area (Å²) in [7, 11) is 0. The summed E-state index contributed by atoms with van der Waals surface area (Å²) < 4.78 is 6.54. The number of piperidine rings is 1. The number of hydrogen-bond acceptors (Lipinski definition) is 7. The van der Waals surface area contributed by atoms with Gasteiger partial charge in [-0.15, -0.1) is 0 Å². The van der Waals surface area contributed by atoms with Gasteiger partial charge in [0.25, 0.3) is 0 Å². The van der Waals surface area contributed by atoms with Gasteiger partial charge in [-0.25, -0.2) is 15.0 Å². The van der Waals surface area contributed by atoms with Crippen LogP contribution in [0.15, 0.2) is 60.9 Å². The summed E-state index contributed by atoms with van der Waals surface area (Å²) in [5, 5.41) is 11.9. The van der Waals surface area contributed by atoms with Crippen molar-refractivity contribution in [3.63, 3.8) is 0 Å². The summed E-state index contributed by atoms with van der Waals surface area (Å²) in [5.74, 6) is 1.88. The van der Waals surface area contributed by atoms with E-state index in [-0.39, 0.29) is 17.2 Å². The molecule has 6 rings (SSSR count). The number of nitrogens with one attached hydrogen (secondary N) is 3. The largest absolute Gasteiger partial charge is 0.437 e. The van der Waals surface area contributed by atoms with Gasteiger partial charge in [0, 0.05) is 47.4 Å². The average molecular weight is 523 g/mol. The SMILES string of the molecule is Cc1ccc2c(NC(=O)C3CC3(C)C)cccc2c1Oc1ncccc1-c1ccnc(N[C@H]2CCCNC2)n1. The Morgan fingerprint density at radius 1 is 1.05 bits per heavy atom. The lowest BCUT2D eigenvalue weighted by atomic mass is 10.0. The first-order valence-corrected chi connectivity index (χ1v) is 13.7. The topological polar surface area (TPSA) is 101 Å². The fourth-order valence-corrected chi connectivity index (χ4v) is 5.32.